The number of rotatable bonds is 8. The Morgan fingerprint density at radius 1 is 0.941 bits per heavy atom. The summed E-state index contributed by atoms with van der Waals surface area (Å²) in [7, 11) is 2.97. The summed E-state index contributed by atoms with van der Waals surface area (Å²) in [5.41, 5.74) is 1.73. The number of aliphatic carboxylic acids is 1. The number of hydrogen-bond donors (Lipinski definition) is 4. The van der Waals surface area contributed by atoms with Crippen LogP contribution in [0.2, 0.25) is 0 Å². The van der Waals surface area contributed by atoms with E-state index in [-0.39, 0.29) is 54.9 Å². The first-order chi connectivity index (χ1) is 32.2. The Balaban J connectivity index is 1.72. The zero-order chi connectivity index (χ0) is 50.3. The molecule has 1 saturated carbocycles. The predicted molar refractivity (Wildman–Crippen MR) is 255 cm³/mol. The van der Waals surface area contributed by atoms with E-state index >= 15 is 0 Å². The maximum atomic E-state index is 14.4. The van der Waals surface area contributed by atoms with Gasteiger partial charge >= 0.3 is 11.9 Å². The minimum absolute atomic E-state index is 0.0138. The molecule has 68 heavy (non-hydrogen) atoms. The van der Waals surface area contributed by atoms with E-state index in [1.807, 2.05) is 58.1 Å². The fourth-order valence-corrected chi connectivity index (χ4v) is 10.1. The maximum absolute atomic E-state index is 14.4. The molecule has 4 aliphatic rings. The number of carbonyl (C=O) groups excluding carboxylic acids is 4. The third-order valence-corrected chi connectivity index (χ3v) is 14.5. The van der Waals surface area contributed by atoms with Crippen LogP contribution in [0.4, 0.5) is 0 Å². The SMILES string of the molecule is CO[C@@H]1C[C@H](C[C@@H](C)[C@@H]2CC(=O)[C@H](C)/C=C(\C)[C@@H](O)[C@@H](OC)/C(=N\OCC(=O)O)[C@H](C)C[C@H](C)/C=C/C=C/C=C(\C)CC[C@@H]3CC[C@@H](C)[C@@](O)(O3)C(=O)C(=O)N3CCCCC3C(=O)O2)CC[C@H]1O. The van der Waals surface area contributed by atoms with Gasteiger partial charge in [-0.3, -0.25) is 14.4 Å². The van der Waals surface area contributed by atoms with Crippen LogP contribution < -0.4 is 0 Å². The first kappa shape index (κ1) is 56.5. The molecular weight excluding hydrogens is 877 g/mol. The van der Waals surface area contributed by atoms with Gasteiger partial charge in [0, 0.05) is 44.9 Å². The third-order valence-electron chi connectivity index (χ3n) is 14.5. The number of esters is 1. The van der Waals surface area contributed by atoms with Crippen molar-refractivity contribution >= 4 is 35.1 Å². The highest BCUT2D eigenvalue weighted by Gasteiger charge is 2.53. The van der Waals surface area contributed by atoms with E-state index in [0.717, 1.165) is 5.57 Å². The number of carboxylic acid groups (broad SMARTS) is 1. The molecule has 16 heteroatoms. The molecule has 4 N–H and O–H groups in total. The Kier molecular flexibility index (Phi) is 22.3. The van der Waals surface area contributed by atoms with E-state index in [1.165, 1.54) is 12.0 Å². The van der Waals surface area contributed by atoms with Crippen LogP contribution in [-0.4, -0.2) is 136 Å². The minimum Gasteiger partial charge on any atom is -0.479 e. The number of amides is 1. The Hall–Kier alpha value is -4.06. The van der Waals surface area contributed by atoms with Crippen LogP contribution in [0.15, 0.2) is 52.8 Å². The molecule has 1 aliphatic carbocycles. The number of Topliss-reactive ketones (excluding diaryl/α,β-unsaturated/α-hetero) is 2. The number of ketones is 2. The molecule has 1 unspecified atom stereocenters. The number of cyclic esters (lactones) is 1. The largest absolute Gasteiger partial charge is 0.479 e. The maximum Gasteiger partial charge on any atom is 0.344 e. The topological polar surface area (TPSA) is 228 Å². The molecule has 3 aliphatic heterocycles. The number of carbonyl (C=O) groups is 5. The zero-order valence-corrected chi connectivity index (χ0v) is 41.8. The first-order valence-corrected chi connectivity index (χ1v) is 24.7. The third kappa shape index (κ3) is 15.7. The summed E-state index contributed by atoms with van der Waals surface area (Å²) in [5.74, 6) is -8.79. The van der Waals surface area contributed by atoms with Crippen LogP contribution >= 0.6 is 0 Å². The summed E-state index contributed by atoms with van der Waals surface area (Å²) in [6, 6.07) is -1.14. The minimum atomic E-state index is -2.38. The Labute approximate surface area is 403 Å². The van der Waals surface area contributed by atoms with Crippen LogP contribution in [-0.2, 0) is 47.8 Å². The van der Waals surface area contributed by atoms with Crippen LogP contribution in [0, 0.1) is 35.5 Å². The molecule has 0 spiro atoms. The monoisotopic (exact) mass is 957 g/mol. The predicted octanol–water partition coefficient (Wildman–Crippen LogP) is 6.44. The van der Waals surface area contributed by atoms with E-state index in [2.05, 4.69) is 5.16 Å². The number of fused-ring (bicyclic) bond motifs is 3. The summed E-state index contributed by atoms with van der Waals surface area (Å²) in [5, 5.41) is 47.6. The van der Waals surface area contributed by atoms with Crippen molar-refractivity contribution < 1.29 is 68.2 Å². The smallest absolute Gasteiger partial charge is 0.344 e. The molecule has 3 fully saturated rings. The van der Waals surface area contributed by atoms with Crippen molar-refractivity contribution in [1.29, 1.82) is 0 Å². The van der Waals surface area contributed by atoms with Gasteiger partial charge in [0.05, 0.1) is 24.0 Å². The van der Waals surface area contributed by atoms with Crippen LogP contribution in [0.3, 0.4) is 0 Å². The molecule has 0 aromatic rings. The molecule has 16 nitrogen and oxygen atoms in total. The number of allylic oxidation sites excluding steroid dienone is 7. The van der Waals surface area contributed by atoms with Gasteiger partial charge in [-0.15, -0.1) is 0 Å². The van der Waals surface area contributed by atoms with Gasteiger partial charge in [-0.25, -0.2) is 9.59 Å². The van der Waals surface area contributed by atoms with Crippen molar-refractivity contribution in [3.63, 3.8) is 0 Å². The lowest BCUT2D eigenvalue weighted by molar-refractivity contribution is -0.263. The van der Waals surface area contributed by atoms with E-state index in [4.69, 9.17) is 23.8 Å². The van der Waals surface area contributed by atoms with Gasteiger partial charge in [0.1, 0.15) is 30.1 Å². The normalized spacial score (nSPS) is 38.5. The number of hydrogen-bond acceptors (Lipinski definition) is 14. The highest BCUT2D eigenvalue weighted by Crippen LogP contribution is 2.37. The quantitative estimate of drug-likeness (QED) is 0.0889. The molecular formula is C52H80N2O14. The fourth-order valence-electron chi connectivity index (χ4n) is 10.1. The summed E-state index contributed by atoms with van der Waals surface area (Å²) in [4.78, 5) is 74.7. The average molecular weight is 957 g/mol. The van der Waals surface area contributed by atoms with Gasteiger partial charge in [0.15, 0.2) is 0 Å². The number of methoxy groups -OCH3 is 2. The van der Waals surface area contributed by atoms with Gasteiger partial charge in [-0.2, -0.15) is 0 Å². The molecule has 0 radical (unpaired) electrons. The zero-order valence-electron chi connectivity index (χ0n) is 41.8. The number of nitrogens with zero attached hydrogens (tertiary/aromatic N) is 2. The number of aliphatic hydroxyl groups excluding tert-OH is 2. The second-order valence-electron chi connectivity index (χ2n) is 20.1. The van der Waals surface area contributed by atoms with E-state index in [9.17, 15) is 44.4 Å². The van der Waals surface area contributed by atoms with Crippen LogP contribution in [0.5, 0.6) is 0 Å². The van der Waals surface area contributed by atoms with Crippen molar-refractivity contribution in [1.82, 2.24) is 4.90 Å². The number of piperidine rings is 1. The van der Waals surface area contributed by atoms with Gasteiger partial charge in [0.25, 0.3) is 11.7 Å². The fraction of sp³-hybridized carbons (Fsp3) is 0.731. The molecule has 1 amide bonds. The second-order valence-corrected chi connectivity index (χ2v) is 20.1. The number of ether oxygens (including phenoxy) is 4. The van der Waals surface area contributed by atoms with Crippen LogP contribution in [0.25, 0.3) is 0 Å². The summed E-state index contributed by atoms with van der Waals surface area (Å²) >= 11 is 0. The standard InChI is InChI=1S/C52H80N2O14/c1-31-15-11-10-12-16-32(2)25-35(5)46(53-66-30-45(57)58)48(65-9)47(59)36(6)26-33(3)42(56)29-43(34(4)27-38-20-23-41(55)44(28-38)64-8)67-51(62)40-17-13-14-24-54(40)50(61)49(60)52(63)37(7)19-22-39(68-52)21-18-31/h10-12,15-16,26,32-35,37-41,43-44,47-48,55,59,63H,13-14,17-25,27-30H2,1-9H3,(H,57,58)/b11-10+,16-12+,31-15+,36-26+,53-46-/t32-,33-,34-,35-,37-,38+,39-,40?,41-,43+,44-,47-,48+,52-/m1/s1. The van der Waals surface area contributed by atoms with Crippen molar-refractivity contribution in [2.45, 2.75) is 180 Å². The van der Waals surface area contributed by atoms with E-state index in [0.29, 0.717) is 81.9 Å². The lowest BCUT2D eigenvalue weighted by Gasteiger charge is -2.42. The Morgan fingerprint density at radius 2 is 1.68 bits per heavy atom. The molecule has 382 valence electrons. The lowest BCUT2D eigenvalue weighted by atomic mass is 9.78. The second kappa shape index (κ2) is 26.8. The number of aliphatic hydroxyl groups is 3. The Morgan fingerprint density at radius 3 is 2.37 bits per heavy atom. The first-order valence-electron chi connectivity index (χ1n) is 24.7. The van der Waals surface area contributed by atoms with Crippen LogP contribution in [0.1, 0.15) is 132 Å². The van der Waals surface area contributed by atoms with E-state index < -0.39 is 84.4 Å². The highest BCUT2D eigenvalue weighted by molar-refractivity contribution is 6.39. The van der Waals surface area contributed by atoms with Gasteiger partial charge < -0.3 is 49.1 Å². The Bertz CT molecular complexity index is 1880. The lowest BCUT2D eigenvalue weighted by Crippen LogP contribution is -2.60. The number of carboxylic acids is 1. The molecule has 2 saturated heterocycles. The van der Waals surface area contributed by atoms with Crippen molar-refractivity contribution in [3.05, 3.63) is 47.6 Å². The summed E-state index contributed by atoms with van der Waals surface area (Å²) < 4.78 is 23.8. The van der Waals surface area contributed by atoms with Gasteiger partial charge in [-0.05, 0) is 114 Å². The van der Waals surface area contributed by atoms with Gasteiger partial charge in [0.2, 0.25) is 12.4 Å². The number of oxime groups is 1. The van der Waals surface area contributed by atoms with Gasteiger partial charge in [-0.1, -0.05) is 81.8 Å². The molecule has 0 aromatic carbocycles. The summed E-state index contributed by atoms with van der Waals surface area (Å²) in [6.07, 6.45) is 12.8. The molecule has 4 rings (SSSR count). The molecule has 14 atom stereocenters. The average Bonchev–Trinajstić information content (AvgIpc) is 3.30. The summed E-state index contributed by atoms with van der Waals surface area (Å²) in [6.45, 7) is 12.2. The van der Waals surface area contributed by atoms with Crippen molar-refractivity contribution in [2.24, 2.45) is 40.7 Å². The van der Waals surface area contributed by atoms with E-state index in [1.54, 1.807) is 34.0 Å². The van der Waals surface area contributed by atoms with Crippen molar-refractivity contribution in [2.75, 3.05) is 27.4 Å². The molecule has 2 bridgehead atoms. The molecule has 0 aromatic heterocycles. The highest BCUT2D eigenvalue weighted by atomic mass is 16.6. The molecule has 3 heterocycles. The van der Waals surface area contributed by atoms with Crippen molar-refractivity contribution in [3.8, 4) is 0 Å².